The first-order valence-electron chi connectivity index (χ1n) is 11.7. The van der Waals surface area contributed by atoms with Crippen LogP contribution in [-0.4, -0.2) is 29.5 Å². The molecule has 170 valence electrons. The molecule has 0 spiro atoms. The Morgan fingerprint density at radius 3 is 2.61 bits per heavy atom. The molecule has 1 heterocycles. The zero-order valence-corrected chi connectivity index (χ0v) is 18.8. The molecule has 1 amide bonds. The van der Waals surface area contributed by atoms with Crippen molar-refractivity contribution in [3.63, 3.8) is 0 Å². The summed E-state index contributed by atoms with van der Waals surface area (Å²) in [6.45, 7) is 3.15. The number of halogens is 1. The molecule has 1 fully saturated rings. The molecule has 5 heteroatoms. The fourth-order valence-corrected chi connectivity index (χ4v) is 4.56. The average Bonchev–Trinajstić information content (AvgIpc) is 3.65. The van der Waals surface area contributed by atoms with Gasteiger partial charge in [-0.05, 0) is 61.1 Å². The third kappa shape index (κ3) is 4.93. The average molecular weight is 445 g/mol. The Balaban J connectivity index is 1.44. The van der Waals surface area contributed by atoms with Gasteiger partial charge in [0.1, 0.15) is 11.6 Å². The van der Waals surface area contributed by atoms with Crippen molar-refractivity contribution >= 4 is 5.91 Å². The molecule has 4 nitrogen and oxygen atoms in total. The Hall–Kier alpha value is -3.18. The molecule has 0 radical (unpaired) electrons. The maximum atomic E-state index is 14.5. The van der Waals surface area contributed by atoms with E-state index < -0.39 is 6.10 Å². The molecule has 1 aliphatic carbocycles. The maximum Gasteiger partial charge on any atom is 0.260 e. The lowest BCUT2D eigenvalue weighted by Crippen LogP contribution is -2.38. The van der Waals surface area contributed by atoms with Crippen molar-refractivity contribution in [1.29, 1.82) is 0 Å². The minimum Gasteiger partial charge on any atom is -0.481 e. The third-order valence-corrected chi connectivity index (χ3v) is 6.50. The first-order valence-corrected chi connectivity index (χ1v) is 11.7. The van der Waals surface area contributed by atoms with Crippen LogP contribution in [0, 0.1) is 5.82 Å². The summed E-state index contributed by atoms with van der Waals surface area (Å²) in [4.78, 5) is 14.7. The number of fused-ring (bicyclic) bond motifs is 1. The second-order valence-corrected chi connectivity index (χ2v) is 9.03. The largest absolute Gasteiger partial charge is 0.481 e. The van der Waals surface area contributed by atoms with E-state index in [1.165, 1.54) is 11.6 Å². The Morgan fingerprint density at radius 1 is 1.09 bits per heavy atom. The van der Waals surface area contributed by atoms with Crippen LogP contribution in [-0.2, 0) is 17.8 Å². The minimum atomic E-state index is -0.558. The van der Waals surface area contributed by atoms with Gasteiger partial charge in [-0.3, -0.25) is 9.69 Å². The first kappa shape index (κ1) is 21.7. The fraction of sp³-hybridized carbons (Fsp3) is 0.321. The Kier molecular flexibility index (Phi) is 6.14. The van der Waals surface area contributed by atoms with E-state index in [0.29, 0.717) is 23.9 Å². The fourth-order valence-electron chi connectivity index (χ4n) is 4.56. The van der Waals surface area contributed by atoms with E-state index in [1.807, 2.05) is 36.4 Å². The molecule has 33 heavy (non-hydrogen) atoms. The summed E-state index contributed by atoms with van der Waals surface area (Å²) in [5, 5.41) is 3.00. The number of ether oxygens (including phenoxy) is 1. The number of hydrogen-bond donors (Lipinski definition) is 1. The van der Waals surface area contributed by atoms with Crippen molar-refractivity contribution in [1.82, 2.24) is 10.2 Å². The minimum absolute atomic E-state index is 0.0197. The maximum absolute atomic E-state index is 14.5. The molecular weight excluding hydrogens is 415 g/mol. The number of carbonyl (C=O) groups is 1. The van der Waals surface area contributed by atoms with Gasteiger partial charge in [0.2, 0.25) is 0 Å². The van der Waals surface area contributed by atoms with Crippen LogP contribution in [0.15, 0.2) is 72.8 Å². The van der Waals surface area contributed by atoms with E-state index in [1.54, 1.807) is 13.0 Å². The smallest absolute Gasteiger partial charge is 0.260 e. The summed E-state index contributed by atoms with van der Waals surface area (Å²) in [6, 6.07) is 23.7. The molecule has 0 aromatic heterocycles. The van der Waals surface area contributed by atoms with E-state index in [0.717, 1.165) is 36.9 Å². The van der Waals surface area contributed by atoms with Gasteiger partial charge in [-0.1, -0.05) is 54.6 Å². The summed E-state index contributed by atoms with van der Waals surface area (Å²) < 4.78 is 20.5. The standard InChI is InChI=1S/C28H29FN2O2/c1-19(28(32)30-23-12-13-23)33-24-14-11-20-15-16-31(18-22-9-5-6-10-26(22)29)27(25(20)17-24)21-7-3-2-4-8-21/h2-11,14,17,19,23,27H,12-13,15-16,18H2,1H3,(H,30,32). The lowest BCUT2D eigenvalue weighted by atomic mass is 9.87. The molecule has 1 N–H and O–H groups in total. The van der Waals surface area contributed by atoms with Gasteiger partial charge in [0.25, 0.3) is 5.91 Å². The number of nitrogens with one attached hydrogen (secondary N) is 1. The van der Waals surface area contributed by atoms with Crippen LogP contribution in [0.3, 0.4) is 0 Å². The van der Waals surface area contributed by atoms with Crippen LogP contribution < -0.4 is 10.1 Å². The van der Waals surface area contributed by atoms with Gasteiger partial charge in [-0.2, -0.15) is 0 Å². The van der Waals surface area contributed by atoms with Gasteiger partial charge in [-0.25, -0.2) is 4.39 Å². The highest BCUT2D eigenvalue weighted by Gasteiger charge is 2.30. The second-order valence-electron chi connectivity index (χ2n) is 9.03. The van der Waals surface area contributed by atoms with Gasteiger partial charge < -0.3 is 10.1 Å². The first-order chi connectivity index (χ1) is 16.1. The van der Waals surface area contributed by atoms with Crippen LogP contribution in [0.25, 0.3) is 0 Å². The highest BCUT2D eigenvalue weighted by atomic mass is 19.1. The number of nitrogens with zero attached hydrogens (tertiary/aromatic N) is 1. The SMILES string of the molecule is CC(Oc1ccc2c(c1)C(c1ccccc1)N(Cc1ccccc1F)CC2)C(=O)NC1CC1. The Bertz CT molecular complexity index is 1130. The Morgan fingerprint density at radius 2 is 1.85 bits per heavy atom. The van der Waals surface area contributed by atoms with Crippen molar-refractivity contribution < 1.29 is 13.9 Å². The predicted octanol–water partition coefficient (Wildman–Crippen LogP) is 5.02. The quantitative estimate of drug-likeness (QED) is 0.556. The van der Waals surface area contributed by atoms with Gasteiger partial charge in [0.05, 0.1) is 6.04 Å². The van der Waals surface area contributed by atoms with E-state index in [-0.39, 0.29) is 17.8 Å². The van der Waals surface area contributed by atoms with Gasteiger partial charge in [0.15, 0.2) is 6.10 Å². The number of rotatable bonds is 7. The van der Waals surface area contributed by atoms with Crippen LogP contribution in [0.1, 0.15) is 48.1 Å². The van der Waals surface area contributed by atoms with E-state index in [2.05, 4.69) is 34.5 Å². The summed E-state index contributed by atoms with van der Waals surface area (Å²) in [5.74, 6) is 0.430. The highest BCUT2D eigenvalue weighted by molar-refractivity contribution is 5.81. The molecule has 3 aromatic carbocycles. The third-order valence-electron chi connectivity index (χ3n) is 6.50. The molecule has 2 atom stereocenters. The van der Waals surface area contributed by atoms with Crippen molar-refractivity contribution in [2.45, 2.75) is 50.9 Å². The molecule has 5 rings (SSSR count). The number of carbonyl (C=O) groups excluding carboxylic acids is 1. The van der Waals surface area contributed by atoms with E-state index in [4.69, 9.17) is 4.74 Å². The topological polar surface area (TPSA) is 41.6 Å². The highest BCUT2D eigenvalue weighted by Crippen LogP contribution is 2.38. The van der Waals surface area contributed by atoms with Crippen molar-refractivity contribution in [2.75, 3.05) is 6.54 Å². The second kappa shape index (κ2) is 9.36. The monoisotopic (exact) mass is 444 g/mol. The predicted molar refractivity (Wildman–Crippen MR) is 126 cm³/mol. The lowest BCUT2D eigenvalue weighted by Gasteiger charge is -2.38. The molecule has 0 bridgehead atoms. The number of hydrogen-bond acceptors (Lipinski definition) is 3. The molecule has 2 aliphatic rings. The number of amides is 1. The molecule has 3 aromatic rings. The number of benzene rings is 3. The Labute approximate surface area is 194 Å². The summed E-state index contributed by atoms with van der Waals surface area (Å²) in [5.41, 5.74) is 4.26. The van der Waals surface area contributed by atoms with E-state index in [9.17, 15) is 9.18 Å². The van der Waals surface area contributed by atoms with Crippen LogP contribution in [0.5, 0.6) is 5.75 Å². The van der Waals surface area contributed by atoms with Crippen LogP contribution in [0.2, 0.25) is 0 Å². The van der Waals surface area contributed by atoms with Crippen molar-refractivity contribution in [3.05, 3.63) is 101 Å². The van der Waals surface area contributed by atoms with Crippen LogP contribution >= 0.6 is 0 Å². The van der Waals surface area contributed by atoms with E-state index >= 15 is 0 Å². The van der Waals surface area contributed by atoms with Crippen molar-refractivity contribution in [3.8, 4) is 5.75 Å². The zero-order chi connectivity index (χ0) is 22.8. The molecular formula is C28H29FN2O2. The zero-order valence-electron chi connectivity index (χ0n) is 18.8. The van der Waals surface area contributed by atoms with Gasteiger partial charge >= 0.3 is 0 Å². The molecule has 2 unspecified atom stereocenters. The van der Waals surface area contributed by atoms with Crippen LogP contribution in [0.4, 0.5) is 4.39 Å². The van der Waals surface area contributed by atoms with Gasteiger partial charge in [-0.15, -0.1) is 0 Å². The van der Waals surface area contributed by atoms with Gasteiger partial charge in [0, 0.05) is 24.7 Å². The van der Waals surface area contributed by atoms with Crippen molar-refractivity contribution in [2.24, 2.45) is 0 Å². The summed E-state index contributed by atoms with van der Waals surface area (Å²) in [7, 11) is 0. The lowest BCUT2D eigenvalue weighted by molar-refractivity contribution is -0.127. The normalized spacial score (nSPS) is 18.9. The summed E-state index contributed by atoms with van der Waals surface area (Å²) >= 11 is 0. The summed E-state index contributed by atoms with van der Waals surface area (Å²) in [6.07, 6.45) is 2.42. The molecule has 0 saturated heterocycles. The molecule has 1 aliphatic heterocycles. The molecule has 1 saturated carbocycles.